The summed E-state index contributed by atoms with van der Waals surface area (Å²) in [6, 6.07) is 4.73. The maximum Gasteiger partial charge on any atom is 0.277 e. The van der Waals surface area contributed by atoms with Gasteiger partial charge in [-0.3, -0.25) is 4.79 Å². The van der Waals surface area contributed by atoms with Crippen molar-refractivity contribution in [3.8, 4) is 22.9 Å². The number of aromatic nitrogens is 3. The molecule has 0 saturated carbocycles. The van der Waals surface area contributed by atoms with Crippen LogP contribution in [-0.2, 0) is 29.3 Å². The van der Waals surface area contributed by atoms with Crippen molar-refractivity contribution >= 4 is 21.5 Å². The number of benzene rings is 1. The molecule has 3 aromatic rings. The number of halogens is 1. The zero-order chi connectivity index (χ0) is 24.0. The second-order valence-electron chi connectivity index (χ2n) is 8.14. The van der Waals surface area contributed by atoms with E-state index in [1.807, 2.05) is 0 Å². The van der Waals surface area contributed by atoms with Gasteiger partial charge in [0.05, 0.1) is 19.4 Å². The average molecular weight is 487 g/mol. The fourth-order valence-electron chi connectivity index (χ4n) is 4.49. The maximum atomic E-state index is 15.0. The Labute approximate surface area is 195 Å². The van der Waals surface area contributed by atoms with Crippen LogP contribution in [0.15, 0.2) is 29.3 Å². The van der Waals surface area contributed by atoms with Gasteiger partial charge < -0.3 is 14.8 Å². The molecule has 2 aliphatic rings. The zero-order valence-electron chi connectivity index (χ0n) is 18.4. The van der Waals surface area contributed by atoms with Crippen molar-refractivity contribution in [2.75, 3.05) is 19.0 Å². The number of nitrogens with zero attached hydrogens (tertiary/aromatic N) is 3. The van der Waals surface area contributed by atoms with Crippen LogP contribution >= 0.6 is 0 Å². The number of nitrogens with two attached hydrogens (primary N) is 1. The first kappa shape index (κ1) is 22.3. The lowest BCUT2D eigenvalue weighted by molar-refractivity contribution is 0.101. The van der Waals surface area contributed by atoms with Gasteiger partial charge in [-0.15, -0.1) is 0 Å². The summed E-state index contributed by atoms with van der Waals surface area (Å²) in [5.41, 5.74) is 2.49. The number of aryl methyl sites for hydroxylation is 1. The minimum absolute atomic E-state index is 0.0716. The van der Waals surface area contributed by atoms with Crippen LogP contribution in [0.5, 0.6) is 11.8 Å². The second kappa shape index (κ2) is 8.37. The fraction of sp³-hybridized carbons (Fsp3) is 0.318. The van der Waals surface area contributed by atoms with Gasteiger partial charge in [0, 0.05) is 30.8 Å². The summed E-state index contributed by atoms with van der Waals surface area (Å²) in [5, 5.41) is 12.7. The Morgan fingerprint density at radius 2 is 2.12 bits per heavy atom. The summed E-state index contributed by atoms with van der Waals surface area (Å²) in [6.45, 7) is 0.786. The zero-order valence-corrected chi connectivity index (χ0v) is 19.2. The molecule has 0 radical (unpaired) electrons. The number of carbonyl (C=O) groups excluding carboxylic acids is 1. The predicted molar refractivity (Wildman–Crippen MR) is 122 cm³/mol. The number of anilines is 1. The molecule has 34 heavy (non-hydrogen) atoms. The number of ether oxygens (including phenoxy) is 2. The Kier molecular flexibility index (Phi) is 5.48. The molecule has 0 fully saturated rings. The number of fused-ring (bicyclic) bond motifs is 2. The van der Waals surface area contributed by atoms with Gasteiger partial charge in [0.15, 0.2) is 10.6 Å². The molecule has 178 valence electrons. The first-order valence-corrected chi connectivity index (χ1v) is 12.4. The highest BCUT2D eigenvalue weighted by molar-refractivity contribution is 7.90. The van der Waals surface area contributed by atoms with Gasteiger partial charge in [-0.2, -0.15) is 5.10 Å². The molecule has 5 rings (SSSR count). The van der Waals surface area contributed by atoms with Gasteiger partial charge in [0.1, 0.15) is 15.7 Å². The largest absolute Gasteiger partial charge is 0.481 e. The van der Waals surface area contributed by atoms with Crippen LogP contribution in [0.4, 0.5) is 10.1 Å². The molecule has 10 nitrogen and oxygen atoms in total. The number of amides is 1. The Hall–Kier alpha value is -3.51. The van der Waals surface area contributed by atoms with Crippen LogP contribution in [0.2, 0.25) is 0 Å². The van der Waals surface area contributed by atoms with Crippen molar-refractivity contribution in [1.82, 2.24) is 14.8 Å². The number of hydrogen-bond acceptors (Lipinski definition) is 7. The minimum atomic E-state index is -3.81. The number of rotatable bonds is 5. The third-order valence-corrected chi connectivity index (χ3v) is 6.95. The highest BCUT2D eigenvalue weighted by Gasteiger charge is 2.33. The SMILES string of the molecule is COc1cc(-c2cc(F)c3c(c2NC(=O)c2nn4c(c2S(=N)(N)=O)OCCC4)CCC3)ccn1. The Bertz CT molecular complexity index is 1420. The molecule has 0 saturated heterocycles. The molecule has 2 aromatic heterocycles. The van der Waals surface area contributed by atoms with Crippen LogP contribution in [0.3, 0.4) is 0 Å². The molecule has 1 atom stereocenters. The molecule has 12 heteroatoms. The molecule has 1 aliphatic carbocycles. The van der Waals surface area contributed by atoms with Gasteiger partial charge in [-0.05, 0) is 48.1 Å². The number of methoxy groups -OCH3 is 1. The maximum absolute atomic E-state index is 15.0. The quantitative estimate of drug-likeness (QED) is 0.506. The van der Waals surface area contributed by atoms with Crippen LogP contribution in [0, 0.1) is 10.6 Å². The molecule has 1 amide bonds. The summed E-state index contributed by atoms with van der Waals surface area (Å²) < 4.78 is 47.6. The third-order valence-electron chi connectivity index (χ3n) is 5.98. The van der Waals surface area contributed by atoms with Gasteiger partial charge >= 0.3 is 0 Å². The highest BCUT2D eigenvalue weighted by atomic mass is 32.2. The lowest BCUT2D eigenvalue weighted by Crippen LogP contribution is -2.21. The molecule has 0 bridgehead atoms. The first-order valence-electron chi connectivity index (χ1n) is 10.7. The smallest absolute Gasteiger partial charge is 0.277 e. The van der Waals surface area contributed by atoms with Crippen LogP contribution in [0.25, 0.3) is 11.1 Å². The summed E-state index contributed by atoms with van der Waals surface area (Å²) in [4.78, 5) is 17.3. The van der Waals surface area contributed by atoms with Gasteiger partial charge in [0.2, 0.25) is 11.8 Å². The van der Waals surface area contributed by atoms with E-state index in [4.69, 9.17) is 19.4 Å². The van der Waals surface area contributed by atoms with Crippen LogP contribution < -0.4 is 19.9 Å². The van der Waals surface area contributed by atoms with Crippen molar-refractivity contribution in [2.24, 2.45) is 5.14 Å². The van der Waals surface area contributed by atoms with E-state index in [2.05, 4.69) is 15.4 Å². The van der Waals surface area contributed by atoms with Gasteiger partial charge in [-0.1, -0.05) is 0 Å². The Balaban J connectivity index is 1.64. The minimum Gasteiger partial charge on any atom is -0.481 e. The predicted octanol–water partition coefficient (Wildman–Crippen LogP) is 2.90. The first-order chi connectivity index (χ1) is 16.3. The Morgan fingerprint density at radius 1 is 1.32 bits per heavy atom. The second-order valence-corrected chi connectivity index (χ2v) is 9.75. The van der Waals surface area contributed by atoms with Crippen LogP contribution in [-0.4, -0.2) is 38.6 Å². The summed E-state index contributed by atoms with van der Waals surface area (Å²) in [5.74, 6) is -0.635. The molecule has 1 unspecified atom stereocenters. The molecule has 0 spiro atoms. The summed E-state index contributed by atoms with van der Waals surface area (Å²) in [7, 11) is -2.33. The average Bonchev–Trinajstić information content (AvgIpc) is 3.46. The summed E-state index contributed by atoms with van der Waals surface area (Å²) in [6.07, 6.45) is 4.08. The lowest BCUT2D eigenvalue weighted by Gasteiger charge is -2.17. The van der Waals surface area contributed by atoms with E-state index >= 15 is 0 Å². The van der Waals surface area contributed by atoms with E-state index in [9.17, 15) is 13.4 Å². The van der Waals surface area contributed by atoms with E-state index < -0.39 is 15.8 Å². The standard InChI is InChI=1S/C22H23FN6O4S/c1-32-17-10-12(6-7-26-17)15-11-16(23)13-4-2-5-14(13)18(15)27-21(30)19-20(34(24,25)31)22-29(28-19)8-3-9-33-22/h6-7,10-11H,2-5,8-9H2,1H3,(H,27,30)(H3,24,25,31). The van der Waals surface area contributed by atoms with E-state index in [0.29, 0.717) is 66.2 Å². The number of hydrogen-bond donors (Lipinski definition) is 3. The third kappa shape index (κ3) is 3.78. The van der Waals surface area contributed by atoms with Crippen molar-refractivity contribution < 1.29 is 22.9 Å². The van der Waals surface area contributed by atoms with E-state index in [-0.39, 0.29) is 22.3 Å². The molecular formula is C22H23FN6O4S. The molecule has 4 N–H and O–H groups in total. The van der Waals surface area contributed by atoms with Gasteiger partial charge in [-0.25, -0.2) is 28.2 Å². The van der Waals surface area contributed by atoms with E-state index in [0.717, 1.165) is 6.42 Å². The van der Waals surface area contributed by atoms with Crippen molar-refractivity contribution in [3.63, 3.8) is 0 Å². The number of pyridine rings is 1. The highest BCUT2D eigenvalue weighted by Crippen LogP contribution is 2.40. The monoisotopic (exact) mass is 486 g/mol. The number of nitrogens with one attached hydrogen (secondary N) is 2. The Morgan fingerprint density at radius 3 is 2.88 bits per heavy atom. The van der Waals surface area contributed by atoms with E-state index in [1.54, 1.807) is 12.1 Å². The molecule has 1 aliphatic heterocycles. The van der Waals surface area contributed by atoms with Crippen molar-refractivity contribution in [1.29, 1.82) is 4.78 Å². The van der Waals surface area contributed by atoms with Crippen LogP contribution in [0.1, 0.15) is 34.5 Å². The molecular weight excluding hydrogens is 463 g/mol. The van der Waals surface area contributed by atoms with Gasteiger partial charge in [0.25, 0.3) is 5.91 Å². The molecule has 3 heterocycles. The summed E-state index contributed by atoms with van der Waals surface area (Å²) >= 11 is 0. The van der Waals surface area contributed by atoms with E-state index in [1.165, 1.54) is 24.1 Å². The number of carbonyl (C=O) groups is 1. The lowest BCUT2D eigenvalue weighted by atomic mass is 9.97. The fourth-order valence-corrected chi connectivity index (χ4v) is 5.33. The topological polar surface area (TPSA) is 145 Å². The normalized spacial score (nSPS) is 16.2. The molecule has 1 aromatic carbocycles. The van der Waals surface area contributed by atoms with Crippen molar-refractivity contribution in [2.45, 2.75) is 37.1 Å². The van der Waals surface area contributed by atoms with Crippen molar-refractivity contribution in [3.05, 3.63) is 47.0 Å².